The van der Waals surface area contributed by atoms with Gasteiger partial charge in [-0.15, -0.1) is 5.10 Å². The van der Waals surface area contributed by atoms with Crippen molar-refractivity contribution in [3.05, 3.63) is 0 Å². The lowest BCUT2D eigenvalue weighted by Gasteiger charge is -1.88. The molecule has 0 spiro atoms. The molecule has 0 unspecified atom stereocenters. The summed E-state index contributed by atoms with van der Waals surface area (Å²) in [6, 6.07) is 0. The molecule has 0 aromatic heterocycles. The minimum Gasteiger partial charge on any atom is -0.226 e. The third-order valence-electron chi connectivity index (χ3n) is 0.290. The van der Waals surface area contributed by atoms with Gasteiger partial charge in [0.2, 0.25) is 0 Å². The fourth-order valence-electron chi connectivity index (χ4n) is 0.136. The van der Waals surface area contributed by atoms with Crippen molar-refractivity contribution in [2.24, 2.45) is 15.5 Å². The van der Waals surface area contributed by atoms with Gasteiger partial charge in [0, 0.05) is 11.9 Å². The van der Waals surface area contributed by atoms with Crippen LogP contribution in [0.25, 0.3) is 0 Å². The summed E-state index contributed by atoms with van der Waals surface area (Å²) in [5.41, 5.74) is 1.56. The van der Waals surface area contributed by atoms with Crippen molar-refractivity contribution in [1.29, 1.82) is 0 Å². The van der Waals surface area contributed by atoms with Gasteiger partial charge in [0.05, 0.1) is 0 Å². The lowest BCUT2D eigenvalue weighted by Crippen LogP contribution is -1.91. The lowest BCUT2D eigenvalue weighted by atomic mass is 11.7. The van der Waals surface area contributed by atoms with E-state index in [9.17, 15) is 0 Å². The van der Waals surface area contributed by atoms with Gasteiger partial charge in [-0.1, -0.05) is 0 Å². The smallest absolute Gasteiger partial charge is 0.107 e. The van der Waals surface area contributed by atoms with Crippen molar-refractivity contribution in [3.8, 4) is 0 Å². The monoisotopic (exact) mass is 102 g/mol. The highest BCUT2D eigenvalue weighted by molar-refractivity contribution is 8.10. The van der Waals surface area contributed by atoms with E-state index in [-0.39, 0.29) is 0 Å². The number of nitrogens with zero attached hydrogens (tertiary/aromatic N) is 3. The standard InChI is InChI=1S/CH2N4S/c1-2-3-4-5-6-1/h1H,(H,3,5). The van der Waals surface area contributed by atoms with Crippen LogP contribution in [0.2, 0.25) is 0 Å². The summed E-state index contributed by atoms with van der Waals surface area (Å²) in [5.74, 6) is 0. The summed E-state index contributed by atoms with van der Waals surface area (Å²) < 4.78 is 0. The van der Waals surface area contributed by atoms with Crippen molar-refractivity contribution < 1.29 is 0 Å². The van der Waals surface area contributed by atoms with E-state index in [0.29, 0.717) is 0 Å². The molecule has 32 valence electrons. The number of nitrogens with one attached hydrogen (secondary N) is 1. The zero-order valence-electron chi connectivity index (χ0n) is 2.83. The Kier molecular flexibility index (Phi) is 1.06. The van der Waals surface area contributed by atoms with Crippen molar-refractivity contribution in [2.75, 3.05) is 0 Å². The largest absolute Gasteiger partial charge is 0.226 e. The molecule has 0 radical (unpaired) electrons. The van der Waals surface area contributed by atoms with Crippen LogP contribution in [0.5, 0.6) is 0 Å². The molecule has 0 amide bonds. The summed E-state index contributed by atoms with van der Waals surface area (Å²) in [5, 5.41) is 9.97. The number of rotatable bonds is 0. The SMILES string of the molecule is C1=NN=NNS1. The van der Waals surface area contributed by atoms with E-state index >= 15 is 0 Å². The molecule has 0 saturated heterocycles. The molecule has 0 aromatic carbocycles. The molecule has 0 bridgehead atoms. The number of hydrogen-bond acceptors (Lipinski definition) is 5. The molecule has 0 atom stereocenters. The van der Waals surface area contributed by atoms with Gasteiger partial charge in [0.15, 0.2) is 0 Å². The van der Waals surface area contributed by atoms with Gasteiger partial charge < -0.3 is 0 Å². The van der Waals surface area contributed by atoms with Gasteiger partial charge in [0.1, 0.15) is 5.55 Å². The predicted molar refractivity (Wildman–Crippen MR) is 24.1 cm³/mol. The van der Waals surface area contributed by atoms with E-state index in [1.54, 1.807) is 5.55 Å². The third kappa shape index (κ3) is 0.682. The maximum atomic E-state index is 3.41. The highest BCUT2D eigenvalue weighted by atomic mass is 32.2. The van der Waals surface area contributed by atoms with E-state index in [0.717, 1.165) is 0 Å². The van der Waals surface area contributed by atoms with Crippen LogP contribution >= 0.6 is 11.9 Å². The maximum Gasteiger partial charge on any atom is 0.107 e. The molecule has 0 saturated carbocycles. The first-order valence-corrected chi connectivity index (χ1v) is 2.20. The molecule has 1 N–H and O–H groups in total. The average Bonchev–Trinajstić information content (AvgIpc) is 1.72. The molecule has 4 nitrogen and oxygen atoms in total. The second kappa shape index (κ2) is 1.76. The quantitative estimate of drug-likeness (QED) is 0.454. The highest BCUT2D eigenvalue weighted by Gasteiger charge is 1.78. The van der Waals surface area contributed by atoms with Crippen LogP contribution < -0.4 is 4.83 Å². The Morgan fingerprint density at radius 3 is 2.83 bits per heavy atom. The van der Waals surface area contributed by atoms with Gasteiger partial charge in [-0.25, -0.2) is 4.83 Å². The Morgan fingerprint density at radius 1 is 1.67 bits per heavy atom. The predicted octanol–water partition coefficient (Wildman–Crippen LogP) is 0.548. The Hall–Kier alpha value is -0.580. The number of hydrogen-bond donors (Lipinski definition) is 1. The summed E-state index contributed by atoms with van der Waals surface area (Å²) in [4.78, 5) is 2.51. The van der Waals surface area contributed by atoms with Crippen molar-refractivity contribution in [2.45, 2.75) is 0 Å². The summed E-state index contributed by atoms with van der Waals surface area (Å²) in [7, 11) is 0. The molecule has 1 aliphatic rings. The van der Waals surface area contributed by atoms with Crippen LogP contribution in [0.4, 0.5) is 0 Å². The molecule has 0 aromatic rings. The summed E-state index contributed by atoms with van der Waals surface area (Å²) >= 11 is 1.29. The molecular weight excluding hydrogens is 100 g/mol. The van der Waals surface area contributed by atoms with Crippen LogP contribution in [0.15, 0.2) is 15.5 Å². The summed E-state index contributed by atoms with van der Waals surface area (Å²) in [6.07, 6.45) is 0. The van der Waals surface area contributed by atoms with Gasteiger partial charge >= 0.3 is 0 Å². The van der Waals surface area contributed by atoms with Gasteiger partial charge in [0.25, 0.3) is 0 Å². The first-order chi connectivity index (χ1) is 3.00. The van der Waals surface area contributed by atoms with Crippen molar-refractivity contribution in [3.63, 3.8) is 0 Å². The van der Waals surface area contributed by atoms with Crippen LogP contribution in [-0.4, -0.2) is 5.55 Å². The second-order valence-electron chi connectivity index (χ2n) is 0.619. The summed E-state index contributed by atoms with van der Waals surface area (Å²) in [6.45, 7) is 0. The van der Waals surface area contributed by atoms with Gasteiger partial charge in [-0.05, 0) is 10.4 Å². The maximum absolute atomic E-state index is 3.41. The molecule has 5 heteroatoms. The normalized spacial score (nSPS) is 17.3. The third-order valence-corrected chi connectivity index (χ3v) is 0.676. The molecule has 0 fully saturated rings. The average molecular weight is 102 g/mol. The van der Waals surface area contributed by atoms with Gasteiger partial charge in [-0.3, -0.25) is 0 Å². The van der Waals surface area contributed by atoms with E-state index in [2.05, 4.69) is 20.4 Å². The van der Waals surface area contributed by atoms with Crippen LogP contribution in [-0.2, 0) is 0 Å². The molecule has 6 heavy (non-hydrogen) atoms. The van der Waals surface area contributed by atoms with E-state index in [4.69, 9.17) is 0 Å². The first-order valence-electron chi connectivity index (χ1n) is 1.32. The fourth-order valence-corrected chi connectivity index (χ4v) is 0.356. The van der Waals surface area contributed by atoms with Crippen molar-refractivity contribution >= 4 is 17.5 Å². The van der Waals surface area contributed by atoms with E-state index in [1.165, 1.54) is 11.9 Å². The molecule has 1 rings (SSSR count). The first kappa shape index (κ1) is 3.60. The topological polar surface area (TPSA) is 49.1 Å². The minimum atomic E-state index is 1.29. The fraction of sp³-hybridized carbons (Fsp3) is 0. The van der Waals surface area contributed by atoms with Crippen LogP contribution in [0.1, 0.15) is 0 Å². The molecular formula is CH2N4S. The Balaban J connectivity index is 2.46. The van der Waals surface area contributed by atoms with Gasteiger partial charge in [-0.2, -0.15) is 0 Å². The lowest BCUT2D eigenvalue weighted by molar-refractivity contribution is 0.897. The molecule has 1 aliphatic heterocycles. The minimum absolute atomic E-state index is 1.29. The van der Waals surface area contributed by atoms with Crippen LogP contribution in [0.3, 0.4) is 0 Å². The Bertz CT molecular complexity index is 73.5. The zero-order valence-corrected chi connectivity index (χ0v) is 3.64. The molecule has 0 aliphatic carbocycles. The second-order valence-corrected chi connectivity index (χ2v) is 1.25. The highest BCUT2D eigenvalue weighted by Crippen LogP contribution is 1.92. The van der Waals surface area contributed by atoms with E-state index in [1.807, 2.05) is 0 Å². The Labute approximate surface area is 38.8 Å². The van der Waals surface area contributed by atoms with Crippen molar-refractivity contribution in [1.82, 2.24) is 4.83 Å². The van der Waals surface area contributed by atoms with Crippen LogP contribution in [0, 0.1) is 0 Å². The van der Waals surface area contributed by atoms with E-state index < -0.39 is 0 Å². The Morgan fingerprint density at radius 2 is 2.67 bits per heavy atom. The molecule has 1 heterocycles. The zero-order chi connectivity index (χ0) is 4.24.